The summed E-state index contributed by atoms with van der Waals surface area (Å²) in [6.07, 6.45) is 0.248. The van der Waals surface area contributed by atoms with E-state index in [0.29, 0.717) is 52.2 Å². The normalized spacial score (nSPS) is 28.0. The van der Waals surface area contributed by atoms with Crippen LogP contribution in [0.2, 0.25) is 0 Å². The van der Waals surface area contributed by atoms with Crippen molar-refractivity contribution in [2.45, 2.75) is 32.5 Å². The molecule has 23 heavy (non-hydrogen) atoms. The summed E-state index contributed by atoms with van der Waals surface area (Å²) in [7, 11) is -1.67. The Hall–Kier alpha value is -0.740. The van der Waals surface area contributed by atoms with Gasteiger partial charge in [0.05, 0.1) is 12.2 Å². The maximum absolute atomic E-state index is 12.8. The van der Waals surface area contributed by atoms with E-state index in [2.05, 4.69) is 5.32 Å². The molecular weight excluding hydrogens is 320 g/mol. The average molecular weight is 348 g/mol. The first-order valence-corrected chi connectivity index (χ1v) is 9.57. The van der Waals surface area contributed by atoms with Crippen LogP contribution in [-0.4, -0.2) is 92.9 Å². The lowest BCUT2D eigenvalue weighted by molar-refractivity contribution is -0.132. The van der Waals surface area contributed by atoms with Crippen molar-refractivity contribution in [3.63, 3.8) is 0 Å². The SMILES string of the molecule is CNCCC(=O)N1CCN(S(=O)(=O)N2CC(C)OC(C)C2)CC1. The van der Waals surface area contributed by atoms with Gasteiger partial charge < -0.3 is 15.0 Å². The maximum Gasteiger partial charge on any atom is 0.282 e. The lowest BCUT2D eigenvalue weighted by Crippen LogP contribution is -2.57. The van der Waals surface area contributed by atoms with Crippen LogP contribution in [-0.2, 0) is 19.7 Å². The Morgan fingerprint density at radius 1 is 1.09 bits per heavy atom. The number of carbonyl (C=O) groups excluding carboxylic acids is 1. The highest BCUT2D eigenvalue weighted by molar-refractivity contribution is 7.86. The van der Waals surface area contributed by atoms with Crippen molar-refractivity contribution in [1.82, 2.24) is 18.8 Å². The van der Waals surface area contributed by atoms with Crippen molar-refractivity contribution in [3.05, 3.63) is 0 Å². The van der Waals surface area contributed by atoms with E-state index in [0.717, 1.165) is 0 Å². The maximum atomic E-state index is 12.8. The number of amides is 1. The Labute approximate surface area is 138 Å². The minimum atomic E-state index is -3.48. The molecule has 0 spiro atoms. The number of hydrogen-bond acceptors (Lipinski definition) is 5. The van der Waals surface area contributed by atoms with Crippen LogP contribution in [0.3, 0.4) is 0 Å². The van der Waals surface area contributed by atoms with Gasteiger partial charge in [-0.25, -0.2) is 0 Å². The van der Waals surface area contributed by atoms with Crippen LogP contribution < -0.4 is 5.32 Å². The summed E-state index contributed by atoms with van der Waals surface area (Å²) in [5.74, 6) is 0.0741. The summed E-state index contributed by atoms with van der Waals surface area (Å²) in [6, 6.07) is 0. The van der Waals surface area contributed by atoms with E-state index >= 15 is 0 Å². The number of carbonyl (C=O) groups is 1. The molecule has 2 unspecified atom stereocenters. The Kier molecular flexibility index (Phi) is 6.38. The van der Waals surface area contributed by atoms with E-state index in [1.165, 1.54) is 8.61 Å². The molecule has 2 rings (SSSR count). The second-order valence-electron chi connectivity index (χ2n) is 6.22. The minimum absolute atomic E-state index is 0.0741. The summed E-state index contributed by atoms with van der Waals surface area (Å²) >= 11 is 0. The number of morpholine rings is 1. The monoisotopic (exact) mass is 348 g/mol. The molecule has 2 aliphatic heterocycles. The van der Waals surface area contributed by atoms with Gasteiger partial charge in [-0.1, -0.05) is 0 Å². The third-order valence-corrected chi connectivity index (χ3v) is 6.19. The molecule has 0 aromatic carbocycles. The minimum Gasteiger partial charge on any atom is -0.373 e. The first-order chi connectivity index (χ1) is 10.8. The smallest absolute Gasteiger partial charge is 0.282 e. The summed E-state index contributed by atoms with van der Waals surface area (Å²) in [4.78, 5) is 13.7. The number of nitrogens with one attached hydrogen (secondary N) is 1. The van der Waals surface area contributed by atoms with Gasteiger partial charge in [-0.15, -0.1) is 0 Å². The highest BCUT2D eigenvalue weighted by Crippen LogP contribution is 2.19. The number of ether oxygens (including phenoxy) is 1. The van der Waals surface area contributed by atoms with Crippen molar-refractivity contribution in [3.8, 4) is 0 Å². The Morgan fingerprint density at radius 3 is 2.17 bits per heavy atom. The molecular formula is C14H28N4O4S. The molecule has 2 heterocycles. The highest BCUT2D eigenvalue weighted by Gasteiger charge is 2.37. The summed E-state index contributed by atoms with van der Waals surface area (Å²) in [5.41, 5.74) is 0. The molecule has 2 saturated heterocycles. The first-order valence-electron chi connectivity index (χ1n) is 8.17. The third kappa shape index (κ3) is 4.63. The van der Waals surface area contributed by atoms with Gasteiger partial charge >= 0.3 is 0 Å². The zero-order valence-corrected chi connectivity index (χ0v) is 15.0. The van der Waals surface area contributed by atoms with Gasteiger partial charge in [-0.3, -0.25) is 4.79 Å². The molecule has 1 N–H and O–H groups in total. The lowest BCUT2D eigenvalue weighted by Gasteiger charge is -2.40. The molecule has 2 atom stereocenters. The molecule has 0 aromatic heterocycles. The van der Waals surface area contributed by atoms with E-state index < -0.39 is 10.2 Å². The predicted octanol–water partition coefficient (Wildman–Crippen LogP) is -0.906. The topological polar surface area (TPSA) is 82.2 Å². The Morgan fingerprint density at radius 2 is 1.65 bits per heavy atom. The van der Waals surface area contributed by atoms with Gasteiger partial charge in [-0.2, -0.15) is 17.0 Å². The fourth-order valence-electron chi connectivity index (χ4n) is 3.04. The second kappa shape index (κ2) is 7.89. The van der Waals surface area contributed by atoms with Crippen LogP contribution in [0.15, 0.2) is 0 Å². The predicted molar refractivity (Wildman–Crippen MR) is 87.2 cm³/mol. The van der Waals surface area contributed by atoms with Gasteiger partial charge in [-0.05, 0) is 20.9 Å². The molecule has 8 nitrogen and oxygen atoms in total. The Balaban J connectivity index is 1.92. The van der Waals surface area contributed by atoms with Crippen molar-refractivity contribution < 1.29 is 17.9 Å². The van der Waals surface area contributed by atoms with Crippen molar-refractivity contribution in [1.29, 1.82) is 0 Å². The van der Waals surface area contributed by atoms with E-state index in [9.17, 15) is 13.2 Å². The summed E-state index contributed by atoms with van der Waals surface area (Å²) < 4.78 is 34.1. The van der Waals surface area contributed by atoms with Crippen LogP contribution in [0, 0.1) is 0 Å². The number of rotatable bonds is 5. The van der Waals surface area contributed by atoms with Crippen LogP contribution in [0.5, 0.6) is 0 Å². The zero-order chi connectivity index (χ0) is 17.0. The standard InChI is InChI=1S/C14H28N4O4S/c1-12-10-18(11-13(2)22-12)23(20,21)17-8-6-16(7-9-17)14(19)4-5-15-3/h12-13,15H,4-11H2,1-3H3. The molecule has 0 radical (unpaired) electrons. The molecule has 1 amide bonds. The highest BCUT2D eigenvalue weighted by atomic mass is 32.2. The van der Waals surface area contributed by atoms with Gasteiger partial charge in [0.15, 0.2) is 0 Å². The van der Waals surface area contributed by atoms with Crippen LogP contribution >= 0.6 is 0 Å². The number of hydrogen-bond donors (Lipinski definition) is 1. The van der Waals surface area contributed by atoms with Gasteiger partial charge in [0, 0.05) is 52.2 Å². The van der Waals surface area contributed by atoms with Crippen molar-refractivity contribution in [2.24, 2.45) is 0 Å². The van der Waals surface area contributed by atoms with E-state index in [-0.39, 0.29) is 18.1 Å². The van der Waals surface area contributed by atoms with Gasteiger partial charge in [0.2, 0.25) is 5.91 Å². The molecule has 9 heteroatoms. The van der Waals surface area contributed by atoms with Crippen LogP contribution in [0.1, 0.15) is 20.3 Å². The molecule has 2 aliphatic rings. The second-order valence-corrected chi connectivity index (χ2v) is 8.14. The summed E-state index contributed by atoms with van der Waals surface area (Å²) in [6.45, 7) is 6.80. The van der Waals surface area contributed by atoms with Gasteiger partial charge in [0.1, 0.15) is 0 Å². The molecule has 0 saturated carbocycles. The Bertz CT molecular complexity index is 495. The van der Waals surface area contributed by atoms with E-state index in [1.807, 2.05) is 20.9 Å². The lowest BCUT2D eigenvalue weighted by atomic mass is 10.3. The number of nitrogens with zero attached hydrogens (tertiary/aromatic N) is 3. The molecule has 134 valence electrons. The first kappa shape index (κ1) is 18.6. The van der Waals surface area contributed by atoms with Crippen molar-refractivity contribution in [2.75, 3.05) is 52.9 Å². The van der Waals surface area contributed by atoms with Gasteiger partial charge in [0.25, 0.3) is 10.2 Å². The summed E-state index contributed by atoms with van der Waals surface area (Å²) in [5, 5.41) is 2.95. The fraction of sp³-hybridized carbons (Fsp3) is 0.929. The third-order valence-electron chi connectivity index (χ3n) is 4.22. The molecule has 2 fully saturated rings. The molecule has 0 bridgehead atoms. The number of piperazine rings is 1. The average Bonchev–Trinajstić information content (AvgIpc) is 2.51. The van der Waals surface area contributed by atoms with E-state index in [1.54, 1.807) is 4.90 Å². The zero-order valence-electron chi connectivity index (χ0n) is 14.2. The molecule has 0 aromatic rings. The van der Waals surface area contributed by atoms with E-state index in [4.69, 9.17) is 4.74 Å². The quantitative estimate of drug-likeness (QED) is 0.696. The van der Waals surface area contributed by atoms with Crippen LogP contribution in [0.25, 0.3) is 0 Å². The fourth-order valence-corrected chi connectivity index (χ4v) is 4.79. The largest absolute Gasteiger partial charge is 0.373 e. The molecule has 0 aliphatic carbocycles. The van der Waals surface area contributed by atoms with Crippen molar-refractivity contribution >= 4 is 16.1 Å². The van der Waals surface area contributed by atoms with Crippen LogP contribution in [0.4, 0.5) is 0 Å².